The molecule has 19 heavy (non-hydrogen) atoms. The van der Waals surface area contributed by atoms with E-state index in [2.05, 4.69) is 4.72 Å². The molecular weight excluding hydrogens is 266 g/mol. The van der Waals surface area contributed by atoms with Gasteiger partial charge in [-0.1, -0.05) is 30.3 Å². The fraction of sp³-hybridized carbons (Fsp3) is 0.462. The van der Waals surface area contributed by atoms with E-state index in [1.807, 2.05) is 6.07 Å². The van der Waals surface area contributed by atoms with Crippen LogP contribution >= 0.6 is 0 Å². The lowest BCUT2D eigenvalue weighted by Crippen LogP contribution is -2.37. The number of hydrogen-bond acceptors (Lipinski definition) is 3. The van der Waals surface area contributed by atoms with Crippen LogP contribution in [0.15, 0.2) is 30.3 Å². The lowest BCUT2D eigenvalue weighted by molar-refractivity contribution is -0.140. The molecule has 0 saturated carbocycles. The zero-order valence-electron chi connectivity index (χ0n) is 11.0. The second-order valence-corrected chi connectivity index (χ2v) is 6.58. The van der Waals surface area contributed by atoms with Gasteiger partial charge in [-0.15, -0.1) is 0 Å². The number of carbonyl (C=O) groups is 1. The van der Waals surface area contributed by atoms with Gasteiger partial charge >= 0.3 is 5.97 Å². The smallest absolute Gasteiger partial charge is 0.307 e. The molecular formula is C13H19NO4S. The van der Waals surface area contributed by atoms with E-state index >= 15 is 0 Å². The third-order valence-corrected chi connectivity index (χ3v) is 4.18. The minimum absolute atomic E-state index is 0.204. The summed E-state index contributed by atoms with van der Waals surface area (Å²) in [4.78, 5) is 11.2. The molecule has 5 nitrogen and oxygen atoms in total. The Morgan fingerprint density at radius 1 is 1.26 bits per heavy atom. The quantitative estimate of drug-likeness (QED) is 0.790. The number of aliphatic carboxylic acids is 1. The molecule has 106 valence electrons. The molecule has 1 atom stereocenters. The normalized spacial score (nSPS) is 13.4. The van der Waals surface area contributed by atoms with Gasteiger partial charge in [0.25, 0.3) is 0 Å². The molecule has 0 saturated heterocycles. The molecule has 0 fully saturated rings. The van der Waals surface area contributed by atoms with Crippen LogP contribution in [-0.4, -0.2) is 31.3 Å². The van der Waals surface area contributed by atoms with Crippen LogP contribution in [0, 0.1) is 5.92 Å². The summed E-state index contributed by atoms with van der Waals surface area (Å²) in [6, 6.07) is 8.77. The minimum Gasteiger partial charge on any atom is -0.481 e. The summed E-state index contributed by atoms with van der Waals surface area (Å²) in [5.41, 5.74) is 0.814. The van der Waals surface area contributed by atoms with Crippen LogP contribution in [0.25, 0.3) is 0 Å². The molecule has 0 aliphatic carbocycles. The maximum Gasteiger partial charge on any atom is 0.307 e. The SMILES string of the molecule is CC(C)NS(=O)(=O)CC(Cc1ccccc1)C(=O)O. The van der Waals surface area contributed by atoms with Crippen LogP contribution in [0.5, 0.6) is 0 Å². The van der Waals surface area contributed by atoms with Crippen molar-refractivity contribution < 1.29 is 18.3 Å². The molecule has 0 aromatic heterocycles. The van der Waals surface area contributed by atoms with Crippen LogP contribution in [0.1, 0.15) is 19.4 Å². The molecule has 0 spiro atoms. The van der Waals surface area contributed by atoms with Crippen molar-refractivity contribution in [3.05, 3.63) is 35.9 Å². The highest BCUT2D eigenvalue weighted by molar-refractivity contribution is 7.89. The topological polar surface area (TPSA) is 83.5 Å². The lowest BCUT2D eigenvalue weighted by atomic mass is 10.0. The monoisotopic (exact) mass is 285 g/mol. The maximum atomic E-state index is 11.8. The first kappa shape index (κ1) is 15.7. The Morgan fingerprint density at radius 3 is 2.32 bits per heavy atom. The van der Waals surface area contributed by atoms with E-state index in [-0.39, 0.29) is 12.5 Å². The third-order valence-electron chi connectivity index (χ3n) is 2.51. The van der Waals surface area contributed by atoms with E-state index in [1.165, 1.54) is 0 Å². The van der Waals surface area contributed by atoms with Gasteiger partial charge in [0.15, 0.2) is 0 Å². The van der Waals surface area contributed by atoms with E-state index < -0.39 is 27.7 Å². The highest BCUT2D eigenvalue weighted by Crippen LogP contribution is 2.11. The van der Waals surface area contributed by atoms with Crippen LogP contribution in [-0.2, 0) is 21.2 Å². The van der Waals surface area contributed by atoms with Crippen LogP contribution < -0.4 is 4.72 Å². The highest BCUT2D eigenvalue weighted by atomic mass is 32.2. The van der Waals surface area contributed by atoms with Crippen molar-refractivity contribution in [3.8, 4) is 0 Å². The zero-order chi connectivity index (χ0) is 14.5. The molecule has 1 aromatic rings. The van der Waals surface area contributed by atoms with Crippen molar-refractivity contribution in [1.82, 2.24) is 4.72 Å². The summed E-state index contributed by atoms with van der Waals surface area (Å²) >= 11 is 0. The van der Waals surface area contributed by atoms with Crippen molar-refractivity contribution in [2.45, 2.75) is 26.3 Å². The molecule has 0 aliphatic heterocycles. The largest absolute Gasteiger partial charge is 0.481 e. The number of carboxylic acid groups (broad SMARTS) is 1. The molecule has 1 rings (SSSR count). The van der Waals surface area contributed by atoms with E-state index in [4.69, 9.17) is 5.11 Å². The number of nitrogens with one attached hydrogen (secondary N) is 1. The van der Waals surface area contributed by atoms with Gasteiger partial charge in [0.1, 0.15) is 0 Å². The number of benzene rings is 1. The van der Waals surface area contributed by atoms with E-state index in [1.54, 1.807) is 38.1 Å². The molecule has 2 N–H and O–H groups in total. The number of hydrogen-bond donors (Lipinski definition) is 2. The van der Waals surface area contributed by atoms with Gasteiger partial charge in [0.2, 0.25) is 10.0 Å². The Hall–Kier alpha value is -1.40. The lowest BCUT2D eigenvalue weighted by Gasteiger charge is -2.15. The Labute approximate surface area is 113 Å². The molecule has 0 aliphatic rings. The standard InChI is InChI=1S/C13H19NO4S/c1-10(2)14-19(17,18)9-12(13(15)16)8-11-6-4-3-5-7-11/h3-7,10,12,14H,8-9H2,1-2H3,(H,15,16). The summed E-state index contributed by atoms with van der Waals surface area (Å²) in [6.07, 6.45) is 0.204. The first-order valence-electron chi connectivity index (χ1n) is 6.07. The average Bonchev–Trinajstić information content (AvgIpc) is 2.27. The summed E-state index contributed by atoms with van der Waals surface area (Å²) in [5, 5.41) is 9.14. The summed E-state index contributed by atoms with van der Waals surface area (Å²) in [7, 11) is -3.58. The van der Waals surface area contributed by atoms with Gasteiger partial charge in [0, 0.05) is 6.04 Å². The fourth-order valence-corrected chi connectivity index (χ4v) is 3.39. The van der Waals surface area contributed by atoms with Crippen LogP contribution in [0.3, 0.4) is 0 Å². The molecule has 0 heterocycles. The van der Waals surface area contributed by atoms with E-state index in [0.29, 0.717) is 0 Å². The summed E-state index contributed by atoms with van der Waals surface area (Å²) < 4.78 is 25.9. The fourth-order valence-electron chi connectivity index (χ4n) is 1.79. The molecule has 0 radical (unpaired) electrons. The Kier molecular flexibility index (Phi) is 5.50. The number of rotatable bonds is 7. The third kappa shape index (κ3) is 5.85. The van der Waals surface area contributed by atoms with Gasteiger partial charge in [-0.2, -0.15) is 0 Å². The van der Waals surface area contributed by atoms with Gasteiger partial charge in [-0.25, -0.2) is 13.1 Å². The van der Waals surface area contributed by atoms with Crippen molar-refractivity contribution >= 4 is 16.0 Å². The molecule has 1 unspecified atom stereocenters. The maximum absolute atomic E-state index is 11.8. The molecule has 0 amide bonds. The first-order chi connectivity index (χ1) is 8.80. The minimum atomic E-state index is -3.58. The second kappa shape index (κ2) is 6.68. The predicted octanol–water partition coefficient (Wildman–Crippen LogP) is 1.26. The Bertz CT molecular complexity index is 511. The predicted molar refractivity (Wildman–Crippen MR) is 73.3 cm³/mol. The van der Waals surface area contributed by atoms with Crippen molar-refractivity contribution in [2.75, 3.05) is 5.75 Å². The summed E-state index contributed by atoms with van der Waals surface area (Å²) in [6.45, 7) is 3.40. The number of sulfonamides is 1. The summed E-state index contributed by atoms with van der Waals surface area (Å²) in [5.74, 6) is -2.45. The Morgan fingerprint density at radius 2 is 1.84 bits per heavy atom. The van der Waals surface area contributed by atoms with Gasteiger partial charge in [-0.3, -0.25) is 4.79 Å². The van der Waals surface area contributed by atoms with E-state index in [9.17, 15) is 13.2 Å². The van der Waals surface area contributed by atoms with Crippen molar-refractivity contribution in [1.29, 1.82) is 0 Å². The molecule has 0 bridgehead atoms. The molecule has 1 aromatic carbocycles. The van der Waals surface area contributed by atoms with Gasteiger partial charge in [-0.05, 0) is 25.8 Å². The second-order valence-electron chi connectivity index (χ2n) is 4.78. The highest BCUT2D eigenvalue weighted by Gasteiger charge is 2.25. The first-order valence-corrected chi connectivity index (χ1v) is 7.72. The van der Waals surface area contributed by atoms with Crippen molar-refractivity contribution in [2.24, 2.45) is 5.92 Å². The number of carboxylic acids is 1. The van der Waals surface area contributed by atoms with Crippen LogP contribution in [0.2, 0.25) is 0 Å². The molecule has 6 heteroatoms. The zero-order valence-corrected chi connectivity index (χ0v) is 11.9. The van der Waals surface area contributed by atoms with Gasteiger partial charge < -0.3 is 5.11 Å². The van der Waals surface area contributed by atoms with E-state index in [0.717, 1.165) is 5.56 Å². The van der Waals surface area contributed by atoms with Crippen LogP contribution in [0.4, 0.5) is 0 Å². The average molecular weight is 285 g/mol. The van der Waals surface area contributed by atoms with Gasteiger partial charge in [0.05, 0.1) is 11.7 Å². The van der Waals surface area contributed by atoms with Crippen molar-refractivity contribution in [3.63, 3.8) is 0 Å². The Balaban J connectivity index is 2.77.